The van der Waals surface area contributed by atoms with Gasteiger partial charge >= 0.3 is 0 Å². The lowest BCUT2D eigenvalue weighted by molar-refractivity contribution is 0.230. The Balaban J connectivity index is 0.000000262. The Hall–Kier alpha value is -1.00. The maximum atomic E-state index is 8.57. The molecule has 118 valence electrons. The van der Waals surface area contributed by atoms with Crippen molar-refractivity contribution in [3.63, 3.8) is 0 Å². The molecule has 1 fully saturated rings. The van der Waals surface area contributed by atoms with Crippen LogP contribution in [0.25, 0.3) is 0 Å². The number of aryl methyl sites for hydroxylation is 1. The van der Waals surface area contributed by atoms with Gasteiger partial charge in [0.1, 0.15) is 0 Å². The van der Waals surface area contributed by atoms with Gasteiger partial charge in [-0.05, 0) is 49.3 Å². The standard InChI is InChI=1S/C14H20.C6H12O/c1-2-3-4-5-6-8-11-14-12-9-7-10-13-14;7-5-6-3-1-2-4-6/h9,12-13H,2-6,8,11H2,1H3;6-7H,1-5H2. The Labute approximate surface area is 131 Å². The molecule has 1 aliphatic carbocycles. The third kappa shape index (κ3) is 9.53. The molecule has 1 aliphatic rings. The van der Waals surface area contributed by atoms with E-state index in [9.17, 15) is 0 Å². The van der Waals surface area contributed by atoms with Gasteiger partial charge in [-0.3, -0.25) is 0 Å². The van der Waals surface area contributed by atoms with E-state index in [0.717, 1.165) is 0 Å². The third-order valence-electron chi connectivity index (χ3n) is 4.27. The average molecular weight is 288 g/mol. The zero-order chi connectivity index (χ0) is 15.2. The number of aliphatic hydroxyl groups is 1. The van der Waals surface area contributed by atoms with Crippen molar-refractivity contribution in [1.82, 2.24) is 0 Å². The molecule has 1 N–H and O–H groups in total. The summed E-state index contributed by atoms with van der Waals surface area (Å²) < 4.78 is 0. The minimum Gasteiger partial charge on any atom is -0.396 e. The van der Waals surface area contributed by atoms with E-state index in [2.05, 4.69) is 25.1 Å². The Bertz CT molecular complexity index is 314. The van der Waals surface area contributed by atoms with Gasteiger partial charge in [-0.15, -0.1) is 0 Å². The molecule has 2 rings (SSSR count). The van der Waals surface area contributed by atoms with Gasteiger partial charge in [-0.1, -0.05) is 70.1 Å². The molecule has 1 heteroatoms. The van der Waals surface area contributed by atoms with Crippen LogP contribution in [0.5, 0.6) is 0 Å². The van der Waals surface area contributed by atoms with Gasteiger partial charge in [-0.25, -0.2) is 0 Å². The second kappa shape index (κ2) is 12.7. The Morgan fingerprint density at radius 3 is 2.33 bits per heavy atom. The van der Waals surface area contributed by atoms with Gasteiger partial charge in [-0.2, -0.15) is 0 Å². The van der Waals surface area contributed by atoms with Crippen molar-refractivity contribution in [3.05, 3.63) is 35.9 Å². The van der Waals surface area contributed by atoms with Crippen LogP contribution < -0.4 is 0 Å². The molecule has 0 aromatic heterocycles. The fraction of sp³-hybridized carbons (Fsp3) is 0.700. The maximum absolute atomic E-state index is 8.57. The molecule has 0 unspecified atom stereocenters. The first kappa shape index (κ1) is 18.1. The Morgan fingerprint density at radius 1 is 1.05 bits per heavy atom. The van der Waals surface area contributed by atoms with Crippen LogP contribution in [0.2, 0.25) is 0 Å². The van der Waals surface area contributed by atoms with Crippen LogP contribution in [0.15, 0.2) is 18.2 Å². The Morgan fingerprint density at radius 2 is 1.76 bits per heavy atom. The first-order valence-electron chi connectivity index (χ1n) is 8.84. The smallest absolute Gasteiger partial charge is 0.0459 e. The molecule has 0 saturated heterocycles. The fourth-order valence-electron chi connectivity index (χ4n) is 2.84. The largest absolute Gasteiger partial charge is 0.396 e. The Kier molecular flexibility index (Phi) is 10.9. The van der Waals surface area contributed by atoms with E-state index in [1.165, 1.54) is 76.2 Å². The second-order valence-electron chi connectivity index (χ2n) is 6.19. The predicted octanol–water partition coefficient (Wildman–Crippen LogP) is 5.36. The van der Waals surface area contributed by atoms with Crippen LogP contribution in [0.1, 0.15) is 76.7 Å². The van der Waals surface area contributed by atoms with E-state index in [-0.39, 0.29) is 0 Å². The summed E-state index contributed by atoms with van der Waals surface area (Å²) in [5.74, 6) is 0.653. The van der Waals surface area contributed by atoms with Crippen LogP contribution in [-0.4, -0.2) is 11.7 Å². The highest BCUT2D eigenvalue weighted by molar-refractivity contribution is 5.09. The van der Waals surface area contributed by atoms with Crippen molar-refractivity contribution in [2.24, 2.45) is 5.92 Å². The monoisotopic (exact) mass is 288 g/mol. The summed E-state index contributed by atoms with van der Waals surface area (Å²) in [6.45, 7) is 2.68. The minimum absolute atomic E-state index is 0.417. The molecule has 0 radical (unpaired) electrons. The summed E-state index contributed by atoms with van der Waals surface area (Å²) in [5, 5.41) is 8.57. The maximum Gasteiger partial charge on any atom is 0.0459 e. The minimum atomic E-state index is 0.417. The van der Waals surface area contributed by atoms with Crippen molar-refractivity contribution in [2.45, 2.75) is 77.6 Å². The van der Waals surface area contributed by atoms with Crippen LogP contribution in [-0.2, 0) is 6.42 Å². The van der Waals surface area contributed by atoms with E-state index < -0.39 is 0 Å². The van der Waals surface area contributed by atoms with Crippen molar-refractivity contribution >= 4 is 0 Å². The lowest BCUT2D eigenvalue weighted by Gasteiger charge is -2.00. The molecule has 0 aliphatic heterocycles. The summed E-state index contributed by atoms with van der Waals surface area (Å²) in [7, 11) is 0. The van der Waals surface area contributed by atoms with Crippen molar-refractivity contribution in [1.29, 1.82) is 0 Å². The molecular formula is C20H32O. The SMILES string of the molecule is CCCCCCCCc1cc#ccc1.OCC1CCCC1. The number of unbranched alkanes of at least 4 members (excludes halogenated alkanes) is 5. The fourth-order valence-corrected chi connectivity index (χ4v) is 2.84. The van der Waals surface area contributed by atoms with Crippen LogP contribution in [0.3, 0.4) is 0 Å². The van der Waals surface area contributed by atoms with Crippen molar-refractivity contribution in [3.8, 4) is 0 Å². The predicted molar refractivity (Wildman–Crippen MR) is 90.2 cm³/mol. The highest BCUT2D eigenvalue weighted by Gasteiger charge is 2.12. The number of hydrogen-bond acceptors (Lipinski definition) is 1. The first-order valence-corrected chi connectivity index (χ1v) is 8.84. The van der Waals surface area contributed by atoms with Crippen LogP contribution in [0.4, 0.5) is 0 Å². The summed E-state index contributed by atoms with van der Waals surface area (Å²) in [6, 6.07) is 12.1. The average Bonchev–Trinajstić information content (AvgIpc) is 3.06. The number of rotatable bonds is 8. The topological polar surface area (TPSA) is 20.2 Å². The van der Waals surface area contributed by atoms with E-state index in [0.29, 0.717) is 12.5 Å². The van der Waals surface area contributed by atoms with Gasteiger partial charge in [0, 0.05) is 6.61 Å². The lowest BCUT2D eigenvalue weighted by Crippen LogP contribution is -1.97. The normalized spacial score (nSPS) is 14.4. The molecule has 0 spiro atoms. The molecule has 0 heterocycles. The van der Waals surface area contributed by atoms with Crippen molar-refractivity contribution < 1.29 is 5.11 Å². The molecular weight excluding hydrogens is 256 g/mol. The third-order valence-corrected chi connectivity index (χ3v) is 4.27. The van der Waals surface area contributed by atoms with Gasteiger partial charge in [0.05, 0.1) is 0 Å². The lowest BCUT2D eigenvalue weighted by atomic mass is 10.1. The van der Waals surface area contributed by atoms with Gasteiger partial charge in [0.25, 0.3) is 0 Å². The molecule has 1 aromatic carbocycles. The first-order chi connectivity index (χ1) is 10.4. The molecule has 1 saturated carbocycles. The molecule has 1 nitrogen and oxygen atoms in total. The van der Waals surface area contributed by atoms with E-state index in [1.807, 2.05) is 12.1 Å². The van der Waals surface area contributed by atoms with Gasteiger partial charge < -0.3 is 5.11 Å². The summed E-state index contributed by atoms with van der Waals surface area (Å²) in [6.07, 6.45) is 14.6. The number of aliphatic hydroxyl groups excluding tert-OH is 1. The van der Waals surface area contributed by atoms with E-state index >= 15 is 0 Å². The zero-order valence-electron chi connectivity index (χ0n) is 13.7. The van der Waals surface area contributed by atoms with Crippen LogP contribution >= 0.6 is 0 Å². The van der Waals surface area contributed by atoms with E-state index in [1.54, 1.807) is 0 Å². The molecule has 1 aromatic rings. The molecule has 21 heavy (non-hydrogen) atoms. The summed E-state index contributed by atoms with van der Waals surface area (Å²) in [4.78, 5) is 0. The van der Waals surface area contributed by atoms with Gasteiger partial charge in [0.2, 0.25) is 0 Å². The molecule has 0 amide bonds. The van der Waals surface area contributed by atoms with Crippen molar-refractivity contribution in [2.75, 3.05) is 6.61 Å². The van der Waals surface area contributed by atoms with Gasteiger partial charge in [0.15, 0.2) is 0 Å². The van der Waals surface area contributed by atoms with E-state index in [4.69, 9.17) is 5.11 Å². The second-order valence-corrected chi connectivity index (χ2v) is 6.19. The molecule has 0 bridgehead atoms. The summed E-state index contributed by atoms with van der Waals surface area (Å²) in [5.41, 5.74) is 1.40. The summed E-state index contributed by atoms with van der Waals surface area (Å²) >= 11 is 0. The molecule has 0 atom stereocenters. The zero-order valence-corrected chi connectivity index (χ0v) is 13.7. The quantitative estimate of drug-likeness (QED) is 0.638. The highest BCUT2D eigenvalue weighted by atomic mass is 16.3. The number of hydrogen-bond donors (Lipinski definition) is 1. The van der Waals surface area contributed by atoms with Crippen LogP contribution in [0, 0.1) is 18.1 Å². The highest BCUT2D eigenvalue weighted by Crippen LogP contribution is 2.23.